The molecule has 0 aliphatic carbocycles. The van der Waals surface area contributed by atoms with Crippen LogP contribution in [0.4, 0.5) is 5.69 Å². The number of carbonyl (C=O) groups excluding carboxylic acids is 1. The summed E-state index contributed by atoms with van der Waals surface area (Å²) < 4.78 is 9.48. The fourth-order valence-electron chi connectivity index (χ4n) is 1.30. The van der Waals surface area contributed by atoms with Gasteiger partial charge in [0.25, 0.3) is 0 Å². The third kappa shape index (κ3) is 3.41. The van der Waals surface area contributed by atoms with Gasteiger partial charge in [-0.25, -0.2) is 9.59 Å². The van der Waals surface area contributed by atoms with Gasteiger partial charge in [-0.3, -0.25) is 10.1 Å². The number of hydrogen-bond donors (Lipinski definition) is 1. The van der Waals surface area contributed by atoms with E-state index in [1.54, 1.807) is 0 Å². The summed E-state index contributed by atoms with van der Waals surface area (Å²) in [7, 11) is 1.14. The van der Waals surface area contributed by atoms with Crippen molar-refractivity contribution in [3.05, 3.63) is 33.9 Å². The molecule has 1 unspecified atom stereocenters. The third-order valence-corrected chi connectivity index (χ3v) is 2.24. The van der Waals surface area contributed by atoms with Crippen LogP contribution in [0.25, 0.3) is 0 Å². The molecule has 0 bridgehead atoms. The highest BCUT2D eigenvalue weighted by atomic mass is 16.6. The molecule has 0 radical (unpaired) electrons. The van der Waals surface area contributed by atoms with E-state index in [0.29, 0.717) is 0 Å². The smallest absolute Gasteiger partial charge is 0.346 e. The number of hydrogen-bond acceptors (Lipinski definition) is 6. The quantitative estimate of drug-likeness (QED) is 0.485. The predicted octanol–water partition coefficient (Wildman–Crippen LogP) is 1.23. The molecule has 8 heteroatoms. The normalized spacial score (nSPS) is 11.5. The Morgan fingerprint density at radius 2 is 2.05 bits per heavy atom. The van der Waals surface area contributed by atoms with Crippen LogP contribution in [0.15, 0.2) is 18.2 Å². The number of nitro groups is 1. The first-order chi connectivity index (χ1) is 8.86. The largest absolute Gasteiger partial charge is 0.478 e. The lowest BCUT2D eigenvalue weighted by Crippen LogP contribution is -2.25. The number of aromatic carboxylic acids is 1. The molecule has 102 valence electrons. The first kappa shape index (κ1) is 14.4. The zero-order chi connectivity index (χ0) is 14.6. The molecule has 19 heavy (non-hydrogen) atoms. The molecule has 0 heterocycles. The second-order valence-electron chi connectivity index (χ2n) is 3.53. The van der Waals surface area contributed by atoms with E-state index in [1.807, 2.05) is 0 Å². The predicted molar refractivity (Wildman–Crippen MR) is 62.2 cm³/mol. The minimum absolute atomic E-state index is 0.183. The zero-order valence-corrected chi connectivity index (χ0v) is 10.2. The van der Waals surface area contributed by atoms with Gasteiger partial charge in [0.15, 0.2) is 11.9 Å². The van der Waals surface area contributed by atoms with Crippen molar-refractivity contribution in [2.75, 3.05) is 7.11 Å². The average Bonchev–Trinajstić information content (AvgIpc) is 2.37. The molecule has 0 amide bonds. The van der Waals surface area contributed by atoms with Crippen molar-refractivity contribution in [3.63, 3.8) is 0 Å². The highest BCUT2D eigenvalue weighted by molar-refractivity contribution is 5.88. The van der Waals surface area contributed by atoms with Crippen molar-refractivity contribution in [2.45, 2.75) is 13.0 Å². The molecule has 0 aliphatic heterocycles. The number of benzene rings is 1. The van der Waals surface area contributed by atoms with E-state index in [1.165, 1.54) is 6.92 Å². The molecule has 1 atom stereocenters. The lowest BCUT2D eigenvalue weighted by Gasteiger charge is -2.12. The molecule has 0 spiro atoms. The number of rotatable bonds is 5. The Morgan fingerprint density at radius 1 is 1.42 bits per heavy atom. The standard InChI is InChI=1S/C11H11NO7/c1-6(11(15)18-2)19-9-5-7(10(13)14)3-4-8(9)12(16)17/h3-6H,1-2H3,(H,13,14). The number of carboxylic acid groups (broad SMARTS) is 1. The van der Waals surface area contributed by atoms with Gasteiger partial charge >= 0.3 is 17.6 Å². The summed E-state index contributed by atoms with van der Waals surface area (Å²) in [4.78, 5) is 32.0. The van der Waals surface area contributed by atoms with Crippen LogP contribution in [0.3, 0.4) is 0 Å². The van der Waals surface area contributed by atoms with Crippen LogP contribution in [0.5, 0.6) is 5.75 Å². The Bertz CT molecular complexity index is 526. The van der Waals surface area contributed by atoms with Crippen molar-refractivity contribution in [3.8, 4) is 5.75 Å². The number of carbonyl (C=O) groups is 2. The van der Waals surface area contributed by atoms with Gasteiger partial charge in [0.1, 0.15) is 0 Å². The average molecular weight is 269 g/mol. The fraction of sp³-hybridized carbons (Fsp3) is 0.273. The van der Waals surface area contributed by atoms with Crippen LogP contribution in [0.2, 0.25) is 0 Å². The third-order valence-electron chi connectivity index (χ3n) is 2.24. The molecular weight excluding hydrogens is 258 g/mol. The fourth-order valence-corrected chi connectivity index (χ4v) is 1.30. The minimum atomic E-state index is -1.26. The SMILES string of the molecule is COC(=O)C(C)Oc1cc(C(=O)O)ccc1[N+](=O)[O-]. The topological polar surface area (TPSA) is 116 Å². The number of carboxylic acids is 1. The lowest BCUT2D eigenvalue weighted by molar-refractivity contribution is -0.386. The summed E-state index contributed by atoms with van der Waals surface area (Å²) in [5, 5.41) is 19.6. The molecule has 0 aromatic heterocycles. The van der Waals surface area contributed by atoms with E-state index in [9.17, 15) is 19.7 Å². The van der Waals surface area contributed by atoms with Crippen LogP contribution in [-0.4, -0.2) is 35.2 Å². The maximum Gasteiger partial charge on any atom is 0.346 e. The van der Waals surface area contributed by atoms with Crippen LogP contribution < -0.4 is 4.74 Å². The molecule has 1 aromatic carbocycles. The molecule has 0 aliphatic rings. The molecule has 0 fully saturated rings. The molecule has 1 N–H and O–H groups in total. The zero-order valence-electron chi connectivity index (χ0n) is 10.2. The highest BCUT2D eigenvalue weighted by Crippen LogP contribution is 2.29. The van der Waals surface area contributed by atoms with E-state index >= 15 is 0 Å². The highest BCUT2D eigenvalue weighted by Gasteiger charge is 2.23. The minimum Gasteiger partial charge on any atom is -0.478 e. The number of ether oxygens (including phenoxy) is 2. The van der Waals surface area contributed by atoms with Gasteiger partial charge in [-0.2, -0.15) is 0 Å². The van der Waals surface area contributed by atoms with E-state index in [2.05, 4.69) is 4.74 Å². The van der Waals surface area contributed by atoms with Crippen molar-refractivity contribution >= 4 is 17.6 Å². The Balaban J connectivity index is 3.14. The van der Waals surface area contributed by atoms with Crippen molar-refractivity contribution in [1.29, 1.82) is 0 Å². The molecule has 0 saturated heterocycles. The molecule has 8 nitrogen and oxygen atoms in total. The number of nitrogens with zero attached hydrogens (tertiary/aromatic N) is 1. The Morgan fingerprint density at radius 3 is 2.53 bits per heavy atom. The van der Waals surface area contributed by atoms with Crippen LogP contribution in [-0.2, 0) is 9.53 Å². The number of nitro benzene ring substituents is 1. The Kier molecular flexibility index (Phi) is 4.41. The molecule has 1 aromatic rings. The summed E-state index contributed by atoms with van der Waals surface area (Å²) in [6.45, 7) is 1.34. The molecule has 1 rings (SSSR count). The Hall–Kier alpha value is -2.64. The first-order valence-corrected chi connectivity index (χ1v) is 5.13. The second kappa shape index (κ2) is 5.80. The van der Waals surface area contributed by atoms with E-state index in [0.717, 1.165) is 25.3 Å². The first-order valence-electron chi connectivity index (χ1n) is 5.13. The molecular formula is C11H11NO7. The van der Waals surface area contributed by atoms with E-state index in [4.69, 9.17) is 9.84 Å². The maximum absolute atomic E-state index is 11.2. The van der Waals surface area contributed by atoms with Crippen LogP contribution >= 0.6 is 0 Å². The Labute approximate surface area is 107 Å². The van der Waals surface area contributed by atoms with Gasteiger partial charge in [0.2, 0.25) is 0 Å². The second-order valence-corrected chi connectivity index (χ2v) is 3.53. The monoisotopic (exact) mass is 269 g/mol. The maximum atomic E-state index is 11.2. The van der Waals surface area contributed by atoms with Crippen molar-refractivity contribution in [1.82, 2.24) is 0 Å². The van der Waals surface area contributed by atoms with Gasteiger partial charge in [-0.1, -0.05) is 0 Å². The van der Waals surface area contributed by atoms with Gasteiger partial charge in [0.05, 0.1) is 17.6 Å². The number of methoxy groups -OCH3 is 1. The van der Waals surface area contributed by atoms with Gasteiger partial charge in [0, 0.05) is 12.1 Å². The summed E-state index contributed by atoms with van der Waals surface area (Å²) in [5.41, 5.74) is -0.613. The summed E-state index contributed by atoms with van der Waals surface area (Å²) in [6.07, 6.45) is -1.09. The van der Waals surface area contributed by atoms with Gasteiger partial charge in [-0.15, -0.1) is 0 Å². The van der Waals surface area contributed by atoms with Gasteiger partial charge < -0.3 is 14.6 Å². The molecule has 0 saturated carbocycles. The summed E-state index contributed by atoms with van der Waals surface area (Å²) in [5.74, 6) is -2.29. The lowest BCUT2D eigenvalue weighted by atomic mass is 10.2. The number of esters is 1. The van der Waals surface area contributed by atoms with Gasteiger partial charge in [-0.05, 0) is 13.0 Å². The van der Waals surface area contributed by atoms with E-state index in [-0.39, 0.29) is 11.3 Å². The summed E-state index contributed by atoms with van der Waals surface area (Å²) >= 11 is 0. The van der Waals surface area contributed by atoms with Crippen molar-refractivity contribution < 1.29 is 29.1 Å². The summed E-state index contributed by atoms with van der Waals surface area (Å²) in [6, 6.07) is 3.07. The van der Waals surface area contributed by atoms with E-state index < -0.39 is 28.7 Å². The van der Waals surface area contributed by atoms with Crippen LogP contribution in [0, 0.1) is 10.1 Å². The van der Waals surface area contributed by atoms with Crippen molar-refractivity contribution in [2.24, 2.45) is 0 Å². The van der Waals surface area contributed by atoms with Crippen LogP contribution in [0.1, 0.15) is 17.3 Å².